The van der Waals surface area contributed by atoms with Crippen molar-refractivity contribution in [2.24, 2.45) is 0 Å². The van der Waals surface area contributed by atoms with Crippen molar-refractivity contribution in [2.75, 3.05) is 26.9 Å². The van der Waals surface area contributed by atoms with E-state index in [1.54, 1.807) is 24.1 Å². The minimum atomic E-state index is -0.0634. The fourth-order valence-electron chi connectivity index (χ4n) is 2.77. The molecule has 0 radical (unpaired) electrons. The van der Waals surface area contributed by atoms with Gasteiger partial charge in [0.25, 0.3) is 5.91 Å². The lowest BCUT2D eigenvalue weighted by Gasteiger charge is -2.28. The highest BCUT2D eigenvalue weighted by atomic mass is 16.5. The molecule has 0 aromatic heterocycles. The average Bonchev–Trinajstić information content (AvgIpc) is 2.68. The molecule has 5 heteroatoms. The lowest BCUT2D eigenvalue weighted by atomic mass is 10.1. The van der Waals surface area contributed by atoms with Crippen LogP contribution in [-0.2, 0) is 4.79 Å². The lowest BCUT2D eigenvalue weighted by Crippen LogP contribution is -2.36. The summed E-state index contributed by atoms with van der Waals surface area (Å²) in [7, 11) is 1.64. The van der Waals surface area contributed by atoms with Gasteiger partial charge in [-0.3, -0.25) is 4.79 Å². The summed E-state index contributed by atoms with van der Waals surface area (Å²) >= 11 is 0. The second-order valence-electron chi connectivity index (χ2n) is 5.83. The second-order valence-corrected chi connectivity index (χ2v) is 5.83. The number of carbonyl (C=O) groups excluding carboxylic acids is 1. The lowest BCUT2D eigenvalue weighted by molar-refractivity contribution is -0.135. The Morgan fingerprint density at radius 3 is 2.23 bits per heavy atom. The van der Waals surface area contributed by atoms with Crippen LogP contribution in [0.2, 0.25) is 0 Å². The van der Waals surface area contributed by atoms with E-state index in [-0.39, 0.29) is 18.6 Å². The number of hydrogen-bond acceptors (Lipinski definition) is 4. The highest BCUT2D eigenvalue weighted by Crippen LogP contribution is 2.24. The van der Waals surface area contributed by atoms with E-state index in [4.69, 9.17) is 14.2 Å². The minimum absolute atomic E-state index is 0.00384. The number of hydrogen-bond donors (Lipinski definition) is 0. The van der Waals surface area contributed by atoms with E-state index in [1.165, 1.54) is 0 Å². The van der Waals surface area contributed by atoms with Gasteiger partial charge in [-0.25, -0.2) is 0 Å². The molecule has 2 rings (SSSR count). The Kier molecular flexibility index (Phi) is 7.33. The molecule has 0 fully saturated rings. The van der Waals surface area contributed by atoms with Gasteiger partial charge in [0, 0.05) is 6.54 Å². The molecule has 0 saturated carbocycles. The summed E-state index contributed by atoms with van der Waals surface area (Å²) in [6.45, 7) is 7.12. The fraction of sp³-hybridized carbons (Fsp3) is 0.381. The molecule has 0 aliphatic rings. The van der Waals surface area contributed by atoms with E-state index >= 15 is 0 Å². The predicted molar refractivity (Wildman–Crippen MR) is 102 cm³/mol. The molecule has 1 atom stereocenters. The van der Waals surface area contributed by atoms with Crippen molar-refractivity contribution in [1.29, 1.82) is 0 Å². The van der Waals surface area contributed by atoms with Crippen LogP contribution >= 0.6 is 0 Å². The van der Waals surface area contributed by atoms with Gasteiger partial charge >= 0.3 is 0 Å². The monoisotopic (exact) mass is 357 g/mol. The molecule has 0 N–H and O–H groups in total. The number of likely N-dealkylation sites (N-methyl/N-ethyl adjacent to an activating group) is 1. The Morgan fingerprint density at radius 2 is 1.65 bits per heavy atom. The van der Waals surface area contributed by atoms with Crippen LogP contribution in [-0.4, -0.2) is 37.7 Å². The first-order valence-electron chi connectivity index (χ1n) is 8.88. The van der Waals surface area contributed by atoms with Crippen molar-refractivity contribution in [3.05, 3.63) is 54.1 Å². The molecular formula is C21H27NO4. The van der Waals surface area contributed by atoms with Crippen molar-refractivity contribution in [3.8, 4) is 17.2 Å². The fourth-order valence-corrected chi connectivity index (χ4v) is 2.77. The molecule has 1 amide bonds. The molecule has 1 unspecified atom stereocenters. The van der Waals surface area contributed by atoms with Gasteiger partial charge in [0.2, 0.25) is 0 Å². The zero-order valence-electron chi connectivity index (χ0n) is 15.9. The summed E-state index contributed by atoms with van der Waals surface area (Å²) in [6, 6.07) is 15.0. The van der Waals surface area contributed by atoms with Crippen molar-refractivity contribution < 1.29 is 19.0 Å². The van der Waals surface area contributed by atoms with Crippen LogP contribution in [0.3, 0.4) is 0 Å². The molecule has 0 saturated heterocycles. The molecule has 0 bridgehead atoms. The Bertz CT molecular complexity index is 699. The van der Waals surface area contributed by atoms with Crippen molar-refractivity contribution >= 4 is 5.91 Å². The highest BCUT2D eigenvalue weighted by Gasteiger charge is 2.20. The zero-order valence-corrected chi connectivity index (χ0v) is 15.9. The molecule has 140 valence electrons. The maximum Gasteiger partial charge on any atom is 0.260 e. The number of nitrogens with zero attached hydrogens (tertiary/aromatic N) is 1. The van der Waals surface area contributed by atoms with Crippen LogP contribution in [0.4, 0.5) is 0 Å². The highest BCUT2D eigenvalue weighted by molar-refractivity contribution is 5.78. The summed E-state index contributed by atoms with van der Waals surface area (Å²) in [5.74, 6) is 2.15. The standard InChI is InChI=1S/C21H27NO4/c1-5-22(16(3)17-8-7-9-20(14-17)24-4)21(23)15-26-19-12-10-18(11-13-19)25-6-2/h7-14,16H,5-6,15H2,1-4H3. The smallest absolute Gasteiger partial charge is 0.260 e. The van der Waals surface area contributed by atoms with E-state index in [2.05, 4.69) is 0 Å². The SMILES string of the molecule is CCOc1ccc(OCC(=O)N(CC)C(C)c2cccc(OC)c2)cc1. The van der Waals surface area contributed by atoms with Crippen LogP contribution in [0, 0.1) is 0 Å². The first-order chi connectivity index (χ1) is 12.6. The number of amides is 1. The Labute approximate surface area is 155 Å². The molecular weight excluding hydrogens is 330 g/mol. The maximum absolute atomic E-state index is 12.6. The third-order valence-electron chi connectivity index (χ3n) is 4.20. The molecule has 0 spiro atoms. The van der Waals surface area contributed by atoms with Gasteiger partial charge in [0.05, 0.1) is 19.8 Å². The Balaban J connectivity index is 1.98. The third-order valence-corrected chi connectivity index (χ3v) is 4.20. The predicted octanol–water partition coefficient (Wildman–Crippen LogP) is 4.08. The number of ether oxygens (including phenoxy) is 3. The summed E-state index contributed by atoms with van der Waals surface area (Å²) in [6.07, 6.45) is 0. The minimum Gasteiger partial charge on any atom is -0.497 e. The quantitative estimate of drug-likeness (QED) is 0.678. The van der Waals surface area contributed by atoms with Crippen LogP contribution in [0.5, 0.6) is 17.2 Å². The van der Waals surface area contributed by atoms with Gasteiger partial charge in [-0.1, -0.05) is 12.1 Å². The van der Waals surface area contributed by atoms with Crippen LogP contribution in [0.15, 0.2) is 48.5 Å². The van der Waals surface area contributed by atoms with Crippen molar-refractivity contribution in [3.63, 3.8) is 0 Å². The van der Waals surface area contributed by atoms with Crippen molar-refractivity contribution in [1.82, 2.24) is 4.90 Å². The van der Waals surface area contributed by atoms with Crippen molar-refractivity contribution in [2.45, 2.75) is 26.8 Å². The molecule has 0 aliphatic heterocycles. The summed E-state index contributed by atoms with van der Waals surface area (Å²) in [5, 5.41) is 0. The van der Waals surface area contributed by atoms with Gasteiger partial charge in [-0.05, 0) is 62.7 Å². The summed E-state index contributed by atoms with van der Waals surface area (Å²) in [4.78, 5) is 14.4. The van der Waals surface area contributed by atoms with E-state index in [0.29, 0.717) is 18.9 Å². The van der Waals surface area contributed by atoms with E-state index in [1.807, 2.05) is 57.2 Å². The van der Waals surface area contributed by atoms with Crippen LogP contribution < -0.4 is 14.2 Å². The van der Waals surface area contributed by atoms with E-state index < -0.39 is 0 Å². The molecule has 0 heterocycles. The number of carbonyl (C=O) groups is 1. The number of methoxy groups -OCH3 is 1. The Morgan fingerprint density at radius 1 is 1.00 bits per heavy atom. The van der Waals surface area contributed by atoms with Gasteiger partial charge in [-0.2, -0.15) is 0 Å². The zero-order chi connectivity index (χ0) is 18.9. The second kappa shape index (κ2) is 9.70. The normalized spacial score (nSPS) is 11.5. The first kappa shape index (κ1) is 19.6. The van der Waals surface area contributed by atoms with Crippen LogP contribution in [0.25, 0.3) is 0 Å². The van der Waals surface area contributed by atoms with Gasteiger partial charge in [0.1, 0.15) is 17.2 Å². The third kappa shape index (κ3) is 5.15. The van der Waals surface area contributed by atoms with Gasteiger partial charge in [0.15, 0.2) is 6.61 Å². The van der Waals surface area contributed by atoms with Gasteiger partial charge in [-0.15, -0.1) is 0 Å². The molecule has 2 aromatic carbocycles. The molecule has 26 heavy (non-hydrogen) atoms. The Hall–Kier alpha value is -2.69. The number of benzene rings is 2. The van der Waals surface area contributed by atoms with Gasteiger partial charge < -0.3 is 19.1 Å². The maximum atomic E-state index is 12.6. The summed E-state index contributed by atoms with van der Waals surface area (Å²) in [5.41, 5.74) is 1.03. The topological polar surface area (TPSA) is 48.0 Å². The first-order valence-corrected chi connectivity index (χ1v) is 8.88. The van der Waals surface area contributed by atoms with E-state index in [0.717, 1.165) is 17.1 Å². The average molecular weight is 357 g/mol. The molecule has 2 aromatic rings. The molecule has 0 aliphatic carbocycles. The molecule has 5 nitrogen and oxygen atoms in total. The number of rotatable bonds is 9. The van der Waals surface area contributed by atoms with E-state index in [9.17, 15) is 4.79 Å². The summed E-state index contributed by atoms with van der Waals surface area (Å²) < 4.78 is 16.3. The van der Waals surface area contributed by atoms with Crippen LogP contribution in [0.1, 0.15) is 32.4 Å². The largest absolute Gasteiger partial charge is 0.497 e.